The topological polar surface area (TPSA) is 99.3 Å². The Labute approximate surface area is 179 Å². The number of carbonyl (C=O) groups is 2. The second-order valence-electron chi connectivity index (χ2n) is 7.06. The molecule has 1 N–H and O–H groups in total. The molecule has 0 spiro atoms. The van der Waals surface area contributed by atoms with Crippen molar-refractivity contribution < 1.29 is 22.7 Å². The van der Waals surface area contributed by atoms with E-state index in [4.69, 9.17) is 4.74 Å². The molecule has 0 bridgehead atoms. The summed E-state index contributed by atoms with van der Waals surface area (Å²) in [5.74, 6) is 0.0387. The van der Waals surface area contributed by atoms with E-state index in [-0.39, 0.29) is 28.0 Å². The molecule has 9 nitrogen and oxygen atoms in total. The first-order valence-electron chi connectivity index (χ1n) is 10.2. The number of amides is 2. The molecule has 1 fully saturated rings. The lowest BCUT2D eigenvalue weighted by Gasteiger charge is -2.25. The minimum Gasteiger partial charge on any atom is -0.495 e. The van der Waals surface area contributed by atoms with Crippen molar-refractivity contribution in [3.63, 3.8) is 0 Å². The molecule has 1 heterocycles. The van der Waals surface area contributed by atoms with Gasteiger partial charge in [-0.1, -0.05) is 0 Å². The summed E-state index contributed by atoms with van der Waals surface area (Å²) in [6.45, 7) is 7.99. The second-order valence-corrected chi connectivity index (χ2v) is 8.92. The molecule has 0 aromatic heterocycles. The van der Waals surface area contributed by atoms with E-state index in [2.05, 4.69) is 9.62 Å². The third kappa shape index (κ3) is 5.71. The van der Waals surface area contributed by atoms with Crippen LogP contribution >= 0.6 is 0 Å². The zero-order valence-corrected chi connectivity index (χ0v) is 19.0. The molecule has 0 atom stereocenters. The van der Waals surface area contributed by atoms with Gasteiger partial charge in [0, 0.05) is 44.8 Å². The van der Waals surface area contributed by atoms with E-state index >= 15 is 0 Å². The van der Waals surface area contributed by atoms with Crippen LogP contribution in [0.5, 0.6) is 5.75 Å². The Morgan fingerprint density at radius 2 is 1.83 bits per heavy atom. The maximum absolute atomic E-state index is 13.0. The minimum absolute atomic E-state index is 0.0698. The van der Waals surface area contributed by atoms with Crippen molar-refractivity contribution in [1.29, 1.82) is 0 Å². The lowest BCUT2D eigenvalue weighted by atomic mass is 10.2. The highest BCUT2D eigenvalue weighted by Gasteiger charge is 2.25. The third-order valence-corrected chi connectivity index (χ3v) is 6.76. The summed E-state index contributed by atoms with van der Waals surface area (Å²) in [7, 11) is -1.07. The molecule has 1 aliphatic heterocycles. The predicted molar refractivity (Wildman–Crippen MR) is 114 cm³/mol. The fraction of sp³-hybridized carbons (Fsp3) is 0.600. The number of nitrogens with one attached hydrogen (secondary N) is 1. The number of hydrogen-bond donors (Lipinski definition) is 1. The quantitative estimate of drug-likeness (QED) is 0.636. The van der Waals surface area contributed by atoms with Gasteiger partial charge in [-0.3, -0.25) is 14.5 Å². The summed E-state index contributed by atoms with van der Waals surface area (Å²) in [6, 6.07) is 4.41. The standard InChI is InChI=1S/C20H32N4O5S/c1-5-23(6-2)19(25)15-22-10-7-11-24(13-12-22)20(26)16-8-9-17(29-4)18(14-16)30(27,28)21-3/h8-9,14,21H,5-7,10-13,15H2,1-4H3. The van der Waals surface area contributed by atoms with E-state index < -0.39 is 10.0 Å². The van der Waals surface area contributed by atoms with Crippen LogP contribution < -0.4 is 9.46 Å². The molecule has 0 radical (unpaired) electrons. The summed E-state index contributed by atoms with van der Waals surface area (Å²) in [5.41, 5.74) is 0.289. The highest BCUT2D eigenvalue weighted by Crippen LogP contribution is 2.25. The smallest absolute Gasteiger partial charge is 0.253 e. The fourth-order valence-electron chi connectivity index (χ4n) is 3.51. The van der Waals surface area contributed by atoms with Crippen LogP contribution in [0, 0.1) is 0 Å². The molecular formula is C20H32N4O5S. The van der Waals surface area contributed by atoms with Gasteiger partial charge in [-0.25, -0.2) is 13.1 Å². The van der Waals surface area contributed by atoms with Crippen molar-refractivity contribution in [2.75, 3.05) is 60.0 Å². The van der Waals surface area contributed by atoms with Crippen LogP contribution in [0.15, 0.2) is 23.1 Å². The number of nitrogens with zero attached hydrogens (tertiary/aromatic N) is 3. The van der Waals surface area contributed by atoms with E-state index in [0.717, 1.165) is 13.0 Å². The van der Waals surface area contributed by atoms with E-state index in [1.54, 1.807) is 15.9 Å². The van der Waals surface area contributed by atoms with E-state index in [1.807, 2.05) is 13.8 Å². The number of sulfonamides is 1. The van der Waals surface area contributed by atoms with Crippen molar-refractivity contribution in [2.45, 2.75) is 25.2 Å². The van der Waals surface area contributed by atoms with Crippen molar-refractivity contribution >= 4 is 21.8 Å². The zero-order valence-electron chi connectivity index (χ0n) is 18.2. The molecule has 10 heteroatoms. The largest absolute Gasteiger partial charge is 0.495 e. The first kappa shape index (κ1) is 24.1. The Morgan fingerprint density at radius 1 is 1.13 bits per heavy atom. The van der Waals surface area contributed by atoms with Crippen LogP contribution in [-0.4, -0.2) is 94.9 Å². The van der Waals surface area contributed by atoms with Crippen LogP contribution in [0.2, 0.25) is 0 Å². The van der Waals surface area contributed by atoms with Crippen LogP contribution in [0.4, 0.5) is 0 Å². The van der Waals surface area contributed by atoms with Crippen molar-refractivity contribution in [2.24, 2.45) is 0 Å². The van der Waals surface area contributed by atoms with E-state index in [1.165, 1.54) is 26.3 Å². The molecule has 0 saturated carbocycles. The first-order chi connectivity index (χ1) is 14.3. The molecule has 1 aliphatic rings. The molecule has 2 amide bonds. The summed E-state index contributed by atoms with van der Waals surface area (Å²) in [6.07, 6.45) is 0.745. The Bertz CT molecular complexity index is 855. The van der Waals surface area contributed by atoms with Gasteiger partial charge in [0.1, 0.15) is 10.6 Å². The van der Waals surface area contributed by atoms with Gasteiger partial charge in [-0.2, -0.15) is 0 Å². The normalized spacial score (nSPS) is 15.5. The Morgan fingerprint density at radius 3 is 2.43 bits per heavy atom. The van der Waals surface area contributed by atoms with Crippen molar-refractivity contribution in [3.8, 4) is 5.75 Å². The van der Waals surface area contributed by atoms with Gasteiger partial charge in [0.25, 0.3) is 5.91 Å². The molecule has 1 aromatic rings. The summed E-state index contributed by atoms with van der Waals surface area (Å²) in [5, 5.41) is 0. The Kier molecular flexibility index (Phi) is 8.63. The number of ether oxygens (including phenoxy) is 1. The molecule has 0 unspecified atom stereocenters. The number of carbonyl (C=O) groups excluding carboxylic acids is 2. The monoisotopic (exact) mass is 440 g/mol. The number of likely N-dealkylation sites (N-methyl/N-ethyl adjacent to an activating group) is 1. The summed E-state index contributed by atoms with van der Waals surface area (Å²) in [4.78, 5) is 30.9. The molecule has 168 valence electrons. The van der Waals surface area contributed by atoms with Crippen molar-refractivity contribution in [1.82, 2.24) is 19.4 Å². The predicted octanol–water partition coefficient (Wildman–Crippen LogP) is 0.620. The third-order valence-electron chi connectivity index (χ3n) is 5.32. The molecule has 0 aliphatic carbocycles. The van der Waals surface area contributed by atoms with Crippen LogP contribution in [0.1, 0.15) is 30.6 Å². The van der Waals surface area contributed by atoms with E-state index in [9.17, 15) is 18.0 Å². The van der Waals surface area contributed by atoms with Crippen LogP contribution in [-0.2, 0) is 14.8 Å². The number of rotatable bonds is 8. The fourth-order valence-corrected chi connectivity index (χ4v) is 4.43. The van der Waals surface area contributed by atoms with Gasteiger partial charge in [0.2, 0.25) is 15.9 Å². The van der Waals surface area contributed by atoms with Gasteiger partial charge in [0.05, 0.1) is 13.7 Å². The summed E-state index contributed by atoms with van der Waals surface area (Å²) < 4.78 is 31.9. The maximum Gasteiger partial charge on any atom is 0.253 e. The molecule has 30 heavy (non-hydrogen) atoms. The lowest BCUT2D eigenvalue weighted by Crippen LogP contribution is -2.42. The Hall–Kier alpha value is -2.17. The number of methoxy groups -OCH3 is 1. The first-order valence-corrected chi connectivity index (χ1v) is 11.7. The van der Waals surface area contributed by atoms with Crippen LogP contribution in [0.3, 0.4) is 0 Å². The average molecular weight is 441 g/mol. The highest BCUT2D eigenvalue weighted by molar-refractivity contribution is 7.89. The minimum atomic E-state index is -3.77. The van der Waals surface area contributed by atoms with Gasteiger partial charge >= 0.3 is 0 Å². The van der Waals surface area contributed by atoms with Crippen molar-refractivity contribution in [3.05, 3.63) is 23.8 Å². The average Bonchev–Trinajstić information content (AvgIpc) is 2.99. The Balaban J connectivity index is 2.11. The second kappa shape index (κ2) is 10.7. The lowest BCUT2D eigenvalue weighted by molar-refractivity contribution is -0.132. The van der Waals surface area contributed by atoms with Gasteiger partial charge in [-0.15, -0.1) is 0 Å². The molecule has 1 aromatic carbocycles. The SMILES string of the molecule is CCN(CC)C(=O)CN1CCCN(C(=O)c2ccc(OC)c(S(=O)(=O)NC)c2)CC1. The zero-order chi connectivity index (χ0) is 22.3. The molecule has 1 saturated heterocycles. The highest BCUT2D eigenvalue weighted by atomic mass is 32.2. The summed E-state index contributed by atoms with van der Waals surface area (Å²) >= 11 is 0. The van der Waals surface area contributed by atoms with Gasteiger partial charge in [0.15, 0.2) is 0 Å². The number of hydrogen-bond acceptors (Lipinski definition) is 6. The maximum atomic E-state index is 13.0. The van der Waals surface area contributed by atoms with Gasteiger partial charge < -0.3 is 14.5 Å². The molecular weight excluding hydrogens is 408 g/mol. The van der Waals surface area contributed by atoms with Gasteiger partial charge in [-0.05, 0) is 45.5 Å². The number of benzene rings is 1. The van der Waals surface area contributed by atoms with E-state index in [0.29, 0.717) is 39.3 Å². The molecule has 2 rings (SSSR count). The van der Waals surface area contributed by atoms with Crippen LogP contribution in [0.25, 0.3) is 0 Å².